The lowest BCUT2D eigenvalue weighted by atomic mass is 10.1. The van der Waals surface area contributed by atoms with Crippen molar-refractivity contribution >= 4 is 41.2 Å². The Hall–Kier alpha value is -2.24. The van der Waals surface area contributed by atoms with Crippen molar-refractivity contribution in [1.82, 2.24) is 0 Å². The van der Waals surface area contributed by atoms with E-state index in [9.17, 15) is 14.7 Å². The molecule has 0 atom stereocenters. The van der Waals surface area contributed by atoms with Gasteiger partial charge in [0.1, 0.15) is 10.5 Å². The van der Waals surface area contributed by atoms with Crippen molar-refractivity contribution in [1.29, 1.82) is 0 Å². The smallest absolute Gasteiger partial charge is 0.319 e. The first-order chi connectivity index (χ1) is 11.7. The summed E-state index contributed by atoms with van der Waals surface area (Å²) in [6, 6.07) is 11.5. The van der Waals surface area contributed by atoms with Crippen LogP contribution in [0.4, 0.5) is 0 Å². The summed E-state index contributed by atoms with van der Waals surface area (Å²) in [6.45, 7) is 3.29. The zero-order valence-corrected chi connectivity index (χ0v) is 15.3. The molecule has 6 heteroatoms. The Labute approximate surface area is 155 Å². The molecule has 0 spiro atoms. The predicted octanol–water partition coefficient (Wildman–Crippen LogP) is 4.90. The second kappa shape index (κ2) is 7.76. The summed E-state index contributed by atoms with van der Waals surface area (Å²) < 4.78 is -0.917. The minimum absolute atomic E-state index is 0.162. The van der Waals surface area contributed by atoms with Crippen LogP contribution in [0.15, 0.2) is 53.4 Å². The summed E-state index contributed by atoms with van der Waals surface area (Å²) >= 11 is 7.00. The first-order valence-corrected chi connectivity index (χ1v) is 8.62. The van der Waals surface area contributed by atoms with Gasteiger partial charge >= 0.3 is 5.97 Å². The van der Waals surface area contributed by atoms with E-state index >= 15 is 0 Å². The number of thioether (sulfide) groups is 1. The van der Waals surface area contributed by atoms with Crippen LogP contribution in [0.3, 0.4) is 0 Å². The van der Waals surface area contributed by atoms with Gasteiger partial charge in [-0.05, 0) is 55.8 Å². The molecular formula is C19H17ClO4S. The van der Waals surface area contributed by atoms with E-state index in [2.05, 4.69) is 0 Å². The summed E-state index contributed by atoms with van der Waals surface area (Å²) in [4.78, 5) is 24.1. The van der Waals surface area contributed by atoms with E-state index in [0.29, 0.717) is 5.02 Å². The second-order valence-electron chi connectivity index (χ2n) is 5.85. The number of phenols is 1. The van der Waals surface area contributed by atoms with Crippen molar-refractivity contribution < 1.29 is 19.8 Å². The zero-order chi connectivity index (χ0) is 18.6. The molecule has 0 fully saturated rings. The van der Waals surface area contributed by atoms with Crippen LogP contribution in [-0.4, -0.2) is 26.7 Å². The fourth-order valence-corrected chi connectivity index (χ4v) is 3.08. The average Bonchev–Trinajstić information content (AvgIpc) is 2.53. The summed E-state index contributed by atoms with van der Waals surface area (Å²) in [5.74, 6) is -1.38. The molecule has 0 unspecified atom stereocenters. The lowest BCUT2D eigenvalue weighted by Gasteiger charge is -2.18. The Balaban J connectivity index is 2.09. The molecule has 0 aliphatic carbocycles. The Bertz CT molecular complexity index is 826. The van der Waals surface area contributed by atoms with Crippen molar-refractivity contribution in [2.24, 2.45) is 0 Å². The highest BCUT2D eigenvalue weighted by molar-refractivity contribution is 8.01. The predicted molar refractivity (Wildman–Crippen MR) is 100 cm³/mol. The number of benzene rings is 2. The van der Waals surface area contributed by atoms with E-state index in [4.69, 9.17) is 16.7 Å². The van der Waals surface area contributed by atoms with E-state index in [-0.39, 0.29) is 17.1 Å². The van der Waals surface area contributed by atoms with Crippen molar-refractivity contribution in [3.8, 4) is 5.75 Å². The minimum atomic E-state index is -0.917. The summed E-state index contributed by atoms with van der Waals surface area (Å²) in [5.41, 5.74) is 0.968. The fraction of sp³-hybridized carbons (Fsp3) is 0.158. The maximum atomic E-state index is 12.1. The van der Waals surface area contributed by atoms with Gasteiger partial charge in [-0.2, -0.15) is 0 Å². The quantitative estimate of drug-likeness (QED) is 0.426. The topological polar surface area (TPSA) is 74.6 Å². The fourth-order valence-electron chi connectivity index (χ4n) is 1.96. The number of carboxylic acids is 1. The summed E-state index contributed by atoms with van der Waals surface area (Å²) in [6.07, 6.45) is 3.00. The van der Waals surface area contributed by atoms with Crippen LogP contribution in [0.25, 0.3) is 6.08 Å². The average molecular weight is 377 g/mol. The van der Waals surface area contributed by atoms with E-state index in [1.165, 1.54) is 30.0 Å². The summed E-state index contributed by atoms with van der Waals surface area (Å²) in [7, 11) is 0. The van der Waals surface area contributed by atoms with Gasteiger partial charge in [-0.3, -0.25) is 9.59 Å². The van der Waals surface area contributed by atoms with Gasteiger partial charge in [-0.1, -0.05) is 29.8 Å². The number of phenolic OH excluding ortho intramolecular Hbond substituents is 1. The molecule has 25 heavy (non-hydrogen) atoms. The van der Waals surface area contributed by atoms with Crippen LogP contribution in [-0.2, 0) is 4.79 Å². The van der Waals surface area contributed by atoms with Gasteiger partial charge in [0, 0.05) is 9.92 Å². The number of allylic oxidation sites excluding steroid dienone is 1. The Morgan fingerprint density at radius 1 is 1.12 bits per heavy atom. The van der Waals surface area contributed by atoms with Gasteiger partial charge in [0.25, 0.3) is 0 Å². The molecule has 0 aliphatic heterocycles. The number of hydrogen-bond acceptors (Lipinski definition) is 4. The number of hydrogen-bond donors (Lipinski definition) is 2. The largest absolute Gasteiger partial charge is 0.507 e. The highest BCUT2D eigenvalue weighted by Crippen LogP contribution is 2.32. The molecule has 4 nitrogen and oxygen atoms in total. The van der Waals surface area contributed by atoms with E-state index < -0.39 is 10.7 Å². The number of ketones is 1. The minimum Gasteiger partial charge on any atom is -0.507 e. The van der Waals surface area contributed by atoms with Crippen molar-refractivity contribution in [3.05, 3.63) is 64.7 Å². The number of aliphatic carboxylic acids is 1. The molecule has 2 N–H and O–H groups in total. The van der Waals surface area contributed by atoms with Gasteiger partial charge in [-0.15, -0.1) is 11.8 Å². The third-order valence-electron chi connectivity index (χ3n) is 3.42. The van der Waals surface area contributed by atoms with Gasteiger partial charge in [0.05, 0.1) is 5.56 Å². The van der Waals surface area contributed by atoms with Gasteiger partial charge < -0.3 is 10.2 Å². The molecule has 0 bridgehead atoms. The molecule has 0 aliphatic rings. The SMILES string of the molecule is CC(C)(Sc1ccc(C=CC(=O)c2ccc(Cl)cc2O)cc1)C(=O)O. The normalized spacial score (nSPS) is 11.6. The number of carbonyl (C=O) groups is 2. The van der Waals surface area contributed by atoms with Crippen LogP contribution in [0.5, 0.6) is 5.75 Å². The molecule has 0 radical (unpaired) electrons. The van der Waals surface area contributed by atoms with Crippen LogP contribution in [0, 0.1) is 0 Å². The Morgan fingerprint density at radius 2 is 1.76 bits per heavy atom. The van der Waals surface area contributed by atoms with Crippen LogP contribution < -0.4 is 0 Å². The number of rotatable bonds is 6. The van der Waals surface area contributed by atoms with E-state index in [1.54, 1.807) is 50.3 Å². The van der Waals surface area contributed by atoms with Crippen LogP contribution >= 0.6 is 23.4 Å². The number of carboxylic acid groups (broad SMARTS) is 1. The monoisotopic (exact) mass is 376 g/mol. The first-order valence-electron chi connectivity index (χ1n) is 7.42. The van der Waals surface area contributed by atoms with Gasteiger partial charge in [0.2, 0.25) is 0 Å². The third-order valence-corrected chi connectivity index (χ3v) is 4.85. The van der Waals surface area contributed by atoms with Crippen molar-refractivity contribution in [2.75, 3.05) is 0 Å². The van der Waals surface area contributed by atoms with Gasteiger partial charge in [-0.25, -0.2) is 0 Å². The molecule has 0 saturated heterocycles. The third kappa shape index (κ3) is 5.11. The highest BCUT2D eigenvalue weighted by atomic mass is 35.5. The van der Waals surface area contributed by atoms with Crippen molar-refractivity contribution in [3.63, 3.8) is 0 Å². The lowest BCUT2D eigenvalue weighted by molar-refractivity contribution is -0.138. The number of halogens is 1. The Kier molecular flexibility index (Phi) is 5.93. The summed E-state index contributed by atoms with van der Waals surface area (Å²) in [5, 5.41) is 19.3. The second-order valence-corrected chi connectivity index (χ2v) is 7.98. The van der Waals surface area contributed by atoms with E-state index in [1.807, 2.05) is 0 Å². The molecule has 0 heterocycles. The lowest BCUT2D eigenvalue weighted by Crippen LogP contribution is -2.26. The van der Waals surface area contributed by atoms with Crippen LogP contribution in [0.2, 0.25) is 5.02 Å². The van der Waals surface area contributed by atoms with Gasteiger partial charge in [0.15, 0.2) is 5.78 Å². The maximum absolute atomic E-state index is 12.1. The van der Waals surface area contributed by atoms with Crippen LogP contribution in [0.1, 0.15) is 29.8 Å². The van der Waals surface area contributed by atoms with Crippen molar-refractivity contribution in [2.45, 2.75) is 23.5 Å². The van der Waals surface area contributed by atoms with E-state index in [0.717, 1.165) is 10.5 Å². The molecule has 2 aromatic carbocycles. The molecule has 2 aromatic rings. The maximum Gasteiger partial charge on any atom is 0.319 e. The Morgan fingerprint density at radius 3 is 2.32 bits per heavy atom. The zero-order valence-electron chi connectivity index (χ0n) is 13.7. The first kappa shape index (κ1) is 19.1. The number of carbonyl (C=O) groups excluding carboxylic acids is 1. The molecule has 0 amide bonds. The molecule has 2 rings (SSSR count). The molecule has 0 aromatic heterocycles. The molecule has 0 saturated carbocycles. The molecular weight excluding hydrogens is 360 g/mol. The molecule has 130 valence electrons. The number of aromatic hydroxyl groups is 1. The highest BCUT2D eigenvalue weighted by Gasteiger charge is 2.28. The standard InChI is InChI=1S/C19H17ClO4S/c1-19(2,18(23)24)25-14-7-3-12(4-8-14)5-10-16(21)15-9-6-13(20)11-17(15)22/h3-11,22H,1-2H3,(H,23,24).